The minimum absolute atomic E-state index is 0.0175. The maximum Gasteiger partial charge on any atom is 0.142 e. The Morgan fingerprint density at radius 2 is 1.88 bits per heavy atom. The van der Waals surface area contributed by atoms with E-state index in [1.54, 1.807) is 26.8 Å². The number of nitrogens with two attached hydrogens (primary N) is 1. The van der Waals surface area contributed by atoms with E-state index >= 15 is 0 Å². The van der Waals surface area contributed by atoms with Crippen molar-refractivity contribution in [2.45, 2.75) is 32.9 Å². The number of benzene rings is 1. The lowest BCUT2D eigenvalue weighted by Crippen LogP contribution is -2.47. The van der Waals surface area contributed by atoms with E-state index in [0.29, 0.717) is 5.56 Å². The first kappa shape index (κ1) is 14.4. The lowest BCUT2D eigenvalue weighted by Gasteiger charge is -2.37. The molecule has 0 saturated heterocycles. The van der Waals surface area contributed by atoms with Gasteiger partial charge in [0.15, 0.2) is 0 Å². The maximum absolute atomic E-state index is 14.7. The third-order valence-corrected chi connectivity index (χ3v) is 3.59. The minimum Gasteiger partial charge on any atom is -0.327 e. The molecule has 0 amide bonds. The normalized spacial score (nSPS) is 15.7. The van der Waals surface area contributed by atoms with Crippen LogP contribution in [0.3, 0.4) is 0 Å². The fraction of sp³-hybridized carbons (Fsp3) is 0.538. The van der Waals surface area contributed by atoms with Crippen molar-refractivity contribution in [1.29, 1.82) is 0 Å². The van der Waals surface area contributed by atoms with Gasteiger partial charge in [-0.1, -0.05) is 44.5 Å². The second-order valence-electron chi connectivity index (χ2n) is 5.31. The molecule has 0 aliphatic heterocycles. The molecule has 1 atom stereocenters. The van der Waals surface area contributed by atoms with Crippen molar-refractivity contribution in [3.63, 3.8) is 0 Å². The molecule has 0 aliphatic carbocycles. The molecular formula is C13H18ClF2N. The van der Waals surface area contributed by atoms with E-state index in [1.807, 2.05) is 0 Å². The zero-order valence-electron chi connectivity index (χ0n) is 10.4. The van der Waals surface area contributed by atoms with E-state index in [2.05, 4.69) is 0 Å². The fourth-order valence-corrected chi connectivity index (χ4v) is 1.82. The Balaban J connectivity index is 3.08. The molecule has 0 saturated carbocycles. The van der Waals surface area contributed by atoms with Crippen LogP contribution in [0.25, 0.3) is 0 Å². The summed E-state index contributed by atoms with van der Waals surface area (Å²) in [5, 5.41) is -0.0211. The minimum atomic E-state index is -1.61. The molecule has 1 aromatic rings. The van der Waals surface area contributed by atoms with Gasteiger partial charge in [0, 0.05) is 13.0 Å². The van der Waals surface area contributed by atoms with E-state index in [-0.39, 0.29) is 18.0 Å². The Morgan fingerprint density at radius 3 is 2.35 bits per heavy atom. The lowest BCUT2D eigenvalue weighted by molar-refractivity contribution is 0.0382. The highest BCUT2D eigenvalue weighted by atomic mass is 35.5. The van der Waals surface area contributed by atoms with Crippen LogP contribution in [0.2, 0.25) is 5.02 Å². The maximum atomic E-state index is 14.7. The molecule has 0 aliphatic rings. The average molecular weight is 262 g/mol. The molecule has 0 heterocycles. The molecule has 0 radical (unpaired) electrons. The van der Waals surface area contributed by atoms with Crippen molar-refractivity contribution < 1.29 is 8.78 Å². The standard InChI is InChI=1S/C13H18ClF2N/c1-12(2,3)13(16,8-17)7-9-5-4-6-10(15)11(9)14/h4-6H,7-8,17H2,1-3H3. The molecule has 2 N–H and O–H groups in total. The zero-order valence-corrected chi connectivity index (χ0v) is 11.1. The van der Waals surface area contributed by atoms with Crippen LogP contribution in [-0.4, -0.2) is 12.2 Å². The van der Waals surface area contributed by atoms with Gasteiger partial charge in [-0.3, -0.25) is 0 Å². The molecule has 0 bridgehead atoms. The summed E-state index contributed by atoms with van der Waals surface area (Å²) >= 11 is 5.82. The van der Waals surface area contributed by atoms with Gasteiger partial charge in [0.1, 0.15) is 11.5 Å². The monoisotopic (exact) mass is 261 g/mol. The molecule has 96 valence electrons. The van der Waals surface area contributed by atoms with Gasteiger partial charge in [-0.2, -0.15) is 0 Å². The van der Waals surface area contributed by atoms with Gasteiger partial charge in [-0.25, -0.2) is 8.78 Å². The van der Waals surface area contributed by atoms with E-state index in [0.717, 1.165) is 0 Å². The third kappa shape index (κ3) is 2.96. The molecule has 1 nitrogen and oxygen atoms in total. The summed E-state index contributed by atoms with van der Waals surface area (Å²) in [5.74, 6) is -0.530. The van der Waals surface area contributed by atoms with Crippen LogP contribution in [0.5, 0.6) is 0 Å². The Morgan fingerprint density at radius 1 is 1.29 bits per heavy atom. The molecule has 1 rings (SSSR count). The van der Waals surface area contributed by atoms with Gasteiger partial charge in [0.05, 0.1) is 5.02 Å². The average Bonchev–Trinajstić information content (AvgIpc) is 2.23. The number of rotatable bonds is 3. The summed E-state index contributed by atoms with van der Waals surface area (Å²) in [4.78, 5) is 0. The first-order chi connectivity index (χ1) is 7.71. The summed E-state index contributed by atoms with van der Waals surface area (Å²) in [6.07, 6.45) is 0.0175. The molecule has 1 unspecified atom stereocenters. The quantitative estimate of drug-likeness (QED) is 0.881. The summed E-state index contributed by atoms with van der Waals surface area (Å²) in [6.45, 7) is 5.19. The second-order valence-corrected chi connectivity index (χ2v) is 5.69. The number of halogens is 3. The molecular weight excluding hydrogens is 244 g/mol. The summed E-state index contributed by atoms with van der Waals surface area (Å²) in [7, 11) is 0. The zero-order chi connectivity index (χ0) is 13.3. The lowest BCUT2D eigenvalue weighted by atomic mass is 9.74. The molecule has 17 heavy (non-hydrogen) atoms. The molecule has 1 aromatic carbocycles. The molecule has 0 aromatic heterocycles. The van der Waals surface area contributed by atoms with E-state index in [4.69, 9.17) is 17.3 Å². The van der Waals surface area contributed by atoms with Crippen molar-refractivity contribution in [3.05, 3.63) is 34.6 Å². The van der Waals surface area contributed by atoms with Gasteiger partial charge >= 0.3 is 0 Å². The molecule has 0 fully saturated rings. The van der Waals surface area contributed by atoms with Crippen LogP contribution in [0, 0.1) is 11.2 Å². The Bertz CT molecular complexity index is 401. The molecule has 0 spiro atoms. The second kappa shape index (κ2) is 4.91. The molecule has 4 heteroatoms. The predicted octanol–water partition coefficient (Wildman–Crippen LogP) is 3.73. The van der Waals surface area contributed by atoms with E-state index in [1.165, 1.54) is 12.1 Å². The van der Waals surface area contributed by atoms with Crippen molar-refractivity contribution >= 4 is 11.6 Å². The van der Waals surface area contributed by atoms with Crippen LogP contribution in [0.1, 0.15) is 26.3 Å². The van der Waals surface area contributed by atoms with Crippen LogP contribution in [0.4, 0.5) is 8.78 Å². The van der Waals surface area contributed by atoms with Gasteiger partial charge < -0.3 is 5.73 Å². The van der Waals surface area contributed by atoms with Crippen molar-refractivity contribution in [2.24, 2.45) is 11.1 Å². The van der Waals surface area contributed by atoms with Gasteiger partial charge in [0.2, 0.25) is 0 Å². The smallest absolute Gasteiger partial charge is 0.142 e. The summed E-state index contributed by atoms with van der Waals surface area (Å²) < 4.78 is 28.0. The highest BCUT2D eigenvalue weighted by Gasteiger charge is 2.41. The van der Waals surface area contributed by atoms with Crippen molar-refractivity contribution in [1.82, 2.24) is 0 Å². The third-order valence-electron chi connectivity index (χ3n) is 3.17. The Labute approximate surface area is 106 Å². The van der Waals surface area contributed by atoms with Crippen LogP contribution in [0.15, 0.2) is 18.2 Å². The number of hydrogen-bond acceptors (Lipinski definition) is 1. The number of hydrogen-bond donors (Lipinski definition) is 1. The van der Waals surface area contributed by atoms with Crippen LogP contribution < -0.4 is 5.73 Å². The van der Waals surface area contributed by atoms with Crippen LogP contribution >= 0.6 is 11.6 Å². The first-order valence-corrected chi connectivity index (χ1v) is 5.91. The summed E-state index contributed by atoms with van der Waals surface area (Å²) in [6, 6.07) is 4.41. The first-order valence-electron chi connectivity index (χ1n) is 5.53. The Hall–Kier alpha value is -0.670. The largest absolute Gasteiger partial charge is 0.327 e. The SMILES string of the molecule is CC(C)(C)C(F)(CN)Cc1cccc(F)c1Cl. The number of alkyl halides is 1. The van der Waals surface area contributed by atoms with Crippen LogP contribution in [-0.2, 0) is 6.42 Å². The summed E-state index contributed by atoms with van der Waals surface area (Å²) in [5.41, 5.74) is 3.74. The van der Waals surface area contributed by atoms with Crippen molar-refractivity contribution in [3.8, 4) is 0 Å². The highest BCUT2D eigenvalue weighted by Crippen LogP contribution is 2.37. The van der Waals surface area contributed by atoms with Gasteiger partial charge in [-0.15, -0.1) is 0 Å². The van der Waals surface area contributed by atoms with Gasteiger partial charge in [0.25, 0.3) is 0 Å². The highest BCUT2D eigenvalue weighted by molar-refractivity contribution is 6.31. The van der Waals surface area contributed by atoms with Crippen molar-refractivity contribution in [2.75, 3.05) is 6.54 Å². The fourth-order valence-electron chi connectivity index (χ4n) is 1.63. The van der Waals surface area contributed by atoms with E-state index < -0.39 is 16.9 Å². The van der Waals surface area contributed by atoms with E-state index in [9.17, 15) is 8.78 Å². The predicted molar refractivity (Wildman–Crippen MR) is 67.5 cm³/mol. The topological polar surface area (TPSA) is 26.0 Å². The van der Waals surface area contributed by atoms with Gasteiger partial charge in [-0.05, 0) is 17.0 Å². The Kier molecular flexibility index (Phi) is 4.15.